The maximum atomic E-state index is 10.6. The Labute approximate surface area is 105 Å². The minimum Gasteiger partial charge on any atom is -0.324 e. The summed E-state index contributed by atoms with van der Waals surface area (Å²) in [6, 6.07) is 5.80. The fourth-order valence-corrected chi connectivity index (χ4v) is 2.43. The van der Waals surface area contributed by atoms with Crippen molar-refractivity contribution < 1.29 is 14.4 Å². The summed E-state index contributed by atoms with van der Waals surface area (Å²) in [6.45, 7) is 0. The van der Waals surface area contributed by atoms with Crippen LogP contribution in [0.5, 0.6) is 0 Å². The Bertz CT molecular complexity index is 389. The van der Waals surface area contributed by atoms with Crippen molar-refractivity contribution in [1.29, 1.82) is 0 Å². The average molecular weight is 358 g/mol. The van der Waals surface area contributed by atoms with Gasteiger partial charge in [0.2, 0.25) is 0 Å². The van der Waals surface area contributed by atoms with Gasteiger partial charge in [0.05, 0.1) is 6.16 Å². The topological polar surface area (TPSA) is 57.5 Å². The first-order chi connectivity index (χ1) is 6.88. The molecule has 0 fully saturated rings. The standard InChI is InChI=1S/C9H11Br2O3P/c10-8-4-3-7(6-9(8)11)2-1-5-15(12,13)14/h3-4,6H,1-2,5H2,(H2,12,13,14). The van der Waals surface area contributed by atoms with Gasteiger partial charge < -0.3 is 9.79 Å². The second kappa shape index (κ2) is 5.60. The predicted molar refractivity (Wildman–Crippen MR) is 67.1 cm³/mol. The third-order valence-corrected chi connectivity index (χ3v) is 4.68. The fourth-order valence-electron chi connectivity index (χ4n) is 1.18. The van der Waals surface area contributed by atoms with Gasteiger partial charge in [-0.3, -0.25) is 4.57 Å². The zero-order valence-corrected chi connectivity index (χ0v) is 11.9. The molecule has 0 aromatic heterocycles. The van der Waals surface area contributed by atoms with Crippen molar-refractivity contribution in [2.75, 3.05) is 6.16 Å². The zero-order valence-electron chi connectivity index (χ0n) is 7.86. The Hall–Kier alpha value is 0.330. The number of halogens is 2. The average Bonchev–Trinajstić information content (AvgIpc) is 2.09. The number of hydrogen-bond acceptors (Lipinski definition) is 1. The predicted octanol–water partition coefficient (Wildman–Crippen LogP) is 3.32. The lowest BCUT2D eigenvalue weighted by Crippen LogP contribution is -1.92. The molecule has 0 amide bonds. The molecule has 84 valence electrons. The van der Waals surface area contributed by atoms with Crippen LogP contribution in [0.15, 0.2) is 27.1 Å². The normalized spacial score (nSPS) is 11.7. The Morgan fingerprint density at radius 2 is 1.87 bits per heavy atom. The van der Waals surface area contributed by atoms with E-state index in [1.54, 1.807) is 0 Å². The van der Waals surface area contributed by atoms with E-state index in [1.807, 2.05) is 18.2 Å². The molecule has 1 rings (SSSR count). The fraction of sp³-hybridized carbons (Fsp3) is 0.333. The first kappa shape index (κ1) is 13.4. The number of rotatable bonds is 4. The summed E-state index contributed by atoms with van der Waals surface area (Å²) in [5, 5.41) is 0. The van der Waals surface area contributed by atoms with Gasteiger partial charge in [-0.2, -0.15) is 0 Å². The minimum absolute atomic E-state index is 0.0549. The molecular weight excluding hydrogens is 347 g/mol. The van der Waals surface area contributed by atoms with Crippen molar-refractivity contribution in [3.63, 3.8) is 0 Å². The first-order valence-electron chi connectivity index (χ1n) is 4.37. The van der Waals surface area contributed by atoms with Crippen molar-refractivity contribution in [3.8, 4) is 0 Å². The van der Waals surface area contributed by atoms with E-state index in [0.717, 1.165) is 14.5 Å². The number of benzene rings is 1. The number of aryl methyl sites for hydroxylation is 1. The number of hydrogen-bond donors (Lipinski definition) is 2. The molecule has 0 aliphatic heterocycles. The maximum absolute atomic E-state index is 10.6. The smallest absolute Gasteiger partial charge is 0.324 e. The van der Waals surface area contributed by atoms with E-state index in [4.69, 9.17) is 9.79 Å². The van der Waals surface area contributed by atoms with Gasteiger partial charge in [0.15, 0.2) is 0 Å². The van der Waals surface area contributed by atoms with Gasteiger partial charge in [0, 0.05) is 8.95 Å². The summed E-state index contributed by atoms with van der Waals surface area (Å²) in [5.41, 5.74) is 1.07. The van der Waals surface area contributed by atoms with Gasteiger partial charge >= 0.3 is 7.60 Å². The van der Waals surface area contributed by atoms with Crippen molar-refractivity contribution >= 4 is 39.5 Å². The summed E-state index contributed by atoms with van der Waals surface area (Å²) in [7, 11) is -3.85. The minimum atomic E-state index is -3.85. The lowest BCUT2D eigenvalue weighted by Gasteiger charge is -2.05. The molecule has 0 atom stereocenters. The Morgan fingerprint density at radius 1 is 1.20 bits per heavy atom. The van der Waals surface area contributed by atoms with Crippen molar-refractivity contribution in [1.82, 2.24) is 0 Å². The van der Waals surface area contributed by atoms with Crippen LogP contribution >= 0.6 is 39.5 Å². The van der Waals surface area contributed by atoms with Crippen LogP contribution in [0, 0.1) is 0 Å². The summed E-state index contributed by atoms with van der Waals surface area (Å²) in [6.07, 6.45) is 1.12. The van der Waals surface area contributed by atoms with Gasteiger partial charge in [0.1, 0.15) is 0 Å². The Morgan fingerprint density at radius 3 is 2.40 bits per heavy atom. The molecule has 0 aliphatic rings. The van der Waals surface area contributed by atoms with E-state index in [0.29, 0.717) is 12.8 Å². The maximum Gasteiger partial charge on any atom is 0.325 e. The quantitative estimate of drug-likeness (QED) is 0.812. The zero-order chi connectivity index (χ0) is 11.5. The third-order valence-electron chi connectivity index (χ3n) is 1.90. The summed E-state index contributed by atoms with van der Waals surface area (Å²) in [5.74, 6) is 0. The van der Waals surface area contributed by atoms with Crippen LogP contribution in [0.25, 0.3) is 0 Å². The SMILES string of the molecule is O=P(O)(O)CCCc1ccc(Br)c(Br)c1. The van der Waals surface area contributed by atoms with Crippen LogP contribution in [-0.2, 0) is 11.0 Å². The summed E-state index contributed by atoms with van der Waals surface area (Å²) >= 11 is 6.73. The van der Waals surface area contributed by atoms with Crippen LogP contribution in [0.1, 0.15) is 12.0 Å². The van der Waals surface area contributed by atoms with E-state index in [1.165, 1.54) is 0 Å². The summed E-state index contributed by atoms with van der Waals surface area (Å²) < 4.78 is 12.5. The highest BCUT2D eigenvalue weighted by atomic mass is 79.9. The highest BCUT2D eigenvalue weighted by Gasteiger charge is 2.11. The molecule has 0 unspecified atom stereocenters. The second-order valence-corrected chi connectivity index (χ2v) is 6.73. The molecule has 1 aromatic carbocycles. The highest BCUT2D eigenvalue weighted by Crippen LogP contribution is 2.35. The molecule has 0 heterocycles. The van der Waals surface area contributed by atoms with E-state index in [-0.39, 0.29) is 6.16 Å². The molecule has 0 bridgehead atoms. The van der Waals surface area contributed by atoms with Gasteiger partial charge in [-0.25, -0.2) is 0 Å². The van der Waals surface area contributed by atoms with Gasteiger partial charge in [-0.05, 0) is 62.4 Å². The second-order valence-electron chi connectivity index (χ2n) is 3.24. The van der Waals surface area contributed by atoms with Crippen LogP contribution in [0.4, 0.5) is 0 Å². The van der Waals surface area contributed by atoms with Crippen molar-refractivity contribution in [2.45, 2.75) is 12.8 Å². The third kappa shape index (κ3) is 5.27. The molecule has 3 nitrogen and oxygen atoms in total. The Balaban J connectivity index is 2.52. The van der Waals surface area contributed by atoms with E-state index in [2.05, 4.69) is 31.9 Å². The van der Waals surface area contributed by atoms with Crippen molar-refractivity contribution in [3.05, 3.63) is 32.7 Å². The van der Waals surface area contributed by atoms with E-state index >= 15 is 0 Å². The Kier molecular flexibility index (Phi) is 5.00. The molecule has 0 aliphatic carbocycles. The molecule has 1 aromatic rings. The first-order valence-corrected chi connectivity index (χ1v) is 7.75. The molecule has 0 spiro atoms. The van der Waals surface area contributed by atoms with Gasteiger partial charge in [-0.1, -0.05) is 6.07 Å². The molecule has 6 heteroatoms. The van der Waals surface area contributed by atoms with E-state index < -0.39 is 7.60 Å². The molecule has 2 N–H and O–H groups in total. The van der Waals surface area contributed by atoms with Crippen LogP contribution in [0.2, 0.25) is 0 Å². The molecular formula is C9H11Br2O3P. The van der Waals surface area contributed by atoms with Crippen LogP contribution in [0.3, 0.4) is 0 Å². The lowest BCUT2D eigenvalue weighted by atomic mass is 10.1. The summed E-state index contributed by atoms with van der Waals surface area (Å²) in [4.78, 5) is 17.4. The largest absolute Gasteiger partial charge is 0.325 e. The lowest BCUT2D eigenvalue weighted by molar-refractivity contribution is 0.371. The molecule has 0 saturated carbocycles. The van der Waals surface area contributed by atoms with Crippen molar-refractivity contribution in [2.24, 2.45) is 0 Å². The molecule has 15 heavy (non-hydrogen) atoms. The molecule has 0 saturated heterocycles. The van der Waals surface area contributed by atoms with Gasteiger partial charge in [-0.15, -0.1) is 0 Å². The van der Waals surface area contributed by atoms with Crippen LogP contribution < -0.4 is 0 Å². The van der Waals surface area contributed by atoms with E-state index in [9.17, 15) is 4.57 Å². The highest BCUT2D eigenvalue weighted by molar-refractivity contribution is 9.13. The molecule has 0 radical (unpaired) electrons. The monoisotopic (exact) mass is 356 g/mol. The van der Waals surface area contributed by atoms with Crippen LogP contribution in [-0.4, -0.2) is 15.9 Å². The van der Waals surface area contributed by atoms with Gasteiger partial charge in [0.25, 0.3) is 0 Å².